The topological polar surface area (TPSA) is 34.9 Å². The van der Waals surface area contributed by atoms with Crippen LogP contribution in [0.5, 0.6) is 0 Å². The summed E-state index contributed by atoms with van der Waals surface area (Å²) in [5, 5.41) is 4.57. The van der Waals surface area contributed by atoms with Crippen LogP contribution >= 0.6 is 27.3 Å². The Morgan fingerprint density at radius 1 is 1.33 bits per heavy atom. The summed E-state index contributed by atoms with van der Waals surface area (Å²) in [4.78, 5) is 13.5. The number of thiophene rings is 1. The van der Waals surface area contributed by atoms with Gasteiger partial charge in [0.25, 0.3) is 0 Å². The number of benzene rings is 1. The van der Waals surface area contributed by atoms with E-state index in [4.69, 9.17) is 0 Å². The zero-order valence-electron chi connectivity index (χ0n) is 11.4. The van der Waals surface area contributed by atoms with Gasteiger partial charge in [0, 0.05) is 15.5 Å². The molecule has 0 bridgehead atoms. The molecule has 3 nitrogen and oxygen atoms in total. The molecule has 0 spiro atoms. The third-order valence-electron chi connectivity index (χ3n) is 3.12. The number of rotatable bonds is 4. The van der Waals surface area contributed by atoms with Gasteiger partial charge in [-0.1, -0.05) is 28.1 Å². The Morgan fingerprint density at radius 2 is 2.19 bits per heavy atom. The van der Waals surface area contributed by atoms with Crippen LogP contribution in [0.1, 0.15) is 20.8 Å². The molecule has 0 unspecified atom stereocenters. The average Bonchev–Trinajstić information content (AvgIpc) is 3.05. The Morgan fingerprint density at radius 3 is 2.86 bits per heavy atom. The quantitative estimate of drug-likeness (QED) is 0.640. The molecule has 0 aliphatic rings. The molecule has 2 heterocycles. The molecule has 0 aliphatic heterocycles. The first kappa shape index (κ1) is 14.2. The molecule has 2 aromatic heterocycles. The number of carbonyl (C=O) groups is 1. The van der Waals surface area contributed by atoms with Crippen LogP contribution in [0, 0.1) is 6.92 Å². The summed E-state index contributed by atoms with van der Waals surface area (Å²) in [6.07, 6.45) is 2.67. The largest absolute Gasteiger partial charge is 0.298 e. The fraction of sp³-hybridized carbons (Fsp3) is 0.125. The van der Waals surface area contributed by atoms with Crippen molar-refractivity contribution >= 4 is 33.6 Å². The number of aromatic nitrogens is 2. The summed E-state index contributed by atoms with van der Waals surface area (Å²) < 4.78 is 2.85. The van der Waals surface area contributed by atoms with E-state index in [0.717, 1.165) is 26.9 Å². The van der Waals surface area contributed by atoms with Crippen molar-refractivity contribution in [2.45, 2.75) is 13.5 Å². The molecule has 0 atom stereocenters. The molecule has 106 valence electrons. The van der Waals surface area contributed by atoms with E-state index in [1.165, 1.54) is 4.88 Å². The van der Waals surface area contributed by atoms with Gasteiger partial charge in [-0.2, -0.15) is 5.10 Å². The van der Waals surface area contributed by atoms with Crippen LogP contribution in [0.4, 0.5) is 0 Å². The molecule has 1 aromatic carbocycles. The summed E-state index contributed by atoms with van der Waals surface area (Å²) in [5.41, 5.74) is 2.53. The highest BCUT2D eigenvalue weighted by Crippen LogP contribution is 2.28. The van der Waals surface area contributed by atoms with Gasteiger partial charge in [-0.3, -0.25) is 9.48 Å². The number of aldehydes is 1. The van der Waals surface area contributed by atoms with Gasteiger partial charge in [-0.25, -0.2) is 0 Å². The summed E-state index contributed by atoms with van der Waals surface area (Å²) >= 11 is 5.11. The van der Waals surface area contributed by atoms with E-state index in [1.807, 2.05) is 41.9 Å². The molecule has 0 aliphatic carbocycles. The number of aryl methyl sites for hydroxylation is 1. The average molecular weight is 361 g/mol. The monoisotopic (exact) mass is 360 g/mol. The second kappa shape index (κ2) is 5.95. The van der Waals surface area contributed by atoms with E-state index in [1.54, 1.807) is 17.5 Å². The van der Waals surface area contributed by atoms with Gasteiger partial charge in [0.1, 0.15) is 5.69 Å². The highest BCUT2D eigenvalue weighted by atomic mass is 79.9. The minimum absolute atomic E-state index is 0.631. The Balaban J connectivity index is 1.94. The lowest BCUT2D eigenvalue weighted by molar-refractivity contribution is 0.112. The minimum Gasteiger partial charge on any atom is -0.298 e. The molecular formula is C16H13BrN2OS. The molecule has 3 rings (SSSR count). The van der Waals surface area contributed by atoms with E-state index in [0.29, 0.717) is 12.1 Å². The van der Waals surface area contributed by atoms with Crippen LogP contribution in [-0.4, -0.2) is 16.1 Å². The summed E-state index contributed by atoms with van der Waals surface area (Å²) in [6.45, 7) is 2.69. The normalized spacial score (nSPS) is 10.8. The second-order valence-corrected chi connectivity index (χ2v) is 6.99. The first-order valence-corrected chi connectivity index (χ1v) is 8.10. The Labute approximate surface area is 135 Å². The van der Waals surface area contributed by atoms with Gasteiger partial charge >= 0.3 is 0 Å². The summed E-state index contributed by atoms with van der Waals surface area (Å²) in [5.74, 6) is 0. The minimum atomic E-state index is 0.631. The third-order valence-corrected chi connectivity index (χ3v) is 4.62. The van der Waals surface area contributed by atoms with Crippen molar-refractivity contribution in [3.05, 3.63) is 63.1 Å². The van der Waals surface area contributed by atoms with Crippen LogP contribution in [-0.2, 0) is 6.54 Å². The predicted molar refractivity (Wildman–Crippen MR) is 88.9 cm³/mol. The number of halogens is 1. The van der Waals surface area contributed by atoms with Gasteiger partial charge < -0.3 is 0 Å². The molecule has 0 amide bonds. The van der Waals surface area contributed by atoms with E-state index in [-0.39, 0.29) is 0 Å². The lowest BCUT2D eigenvalue weighted by Crippen LogP contribution is -2.00. The molecule has 0 saturated carbocycles. The van der Waals surface area contributed by atoms with Crippen molar-refractivity contribution < 1.29 is 4.79 Å². The van der Waals surface area contributed by atoms with E-state index >= 15 is 0 Å². The zero-order valence-corrected chi connectivity index (χ0v) is 13.8. The molecule has 0 saturated heterocycles. The first-order valence-electron chi connectivity index (χ1n) is 6.49. The maximum atomic E-state index is 11.3. The molecule has 0 N–H and O–H groups in total. The van der Waals surface area contributed by atoms with Crippen LogP contribution in [0.3, 0.4) is 0 Å². The summed E-state index contributed by atoms with van der Waals surface area (Å²) in [7, 11) is 0. The number of carbonyl (C=O) groups excluding carboxylic acids is 1. The van der Waals surface area contributed by atoms with Gasteiger partial charge in [-0.15, -0.1) is 11.3 Å². The van der Waals surface area contributed by atoms with Crippen molar-refractivity contribution in [2.75, 3.05) is 0 Å². The molecule has 0 radical (unpaired) electrons. The van der Waals surface area contributed by atoms with Crippen LogP contribution in [0.25, 0.3) is 10.6 Å². The van der Waals surface area contributed by atoms with Gasteiger partial charge in [0.15, 0.2) is 6.29 Å². The third kappa shape index (κ3) is 3.14. The fourth-order valence-corrected chi connectivity index (χ4v) is 3.50. The van der Waals surface area contributed by atoms with Crippen molar-refractivity contribution in [1.29, 1.82) is 0 Å². The maximum Gasteiger partial charge on any atom is 0.153 e. The molecule has 3 aromatic rings. The standard InChI is InChI=1S/C16H13BrN2OS/c1-11-5-6-15(21-11)16-13(10-20)9-19(18-16)8-12-3-2-4-14(17)7-12/h2-7,9-10H,8H2,1H3. The predicted octanol–water partition coefficient (Wildman–Crippen LogP) is 4.54. The van der Waals surface area contributed by atoms with Crippen molar-refractivity contribution in [3.63, 3.8) is 0 Å². The number of hydrogen-bond donors (Lipinski definition) is 0. The van der Waals surface area contributed by atoms with E-state index in [2.05, 4.69) is 27.1 Å². The summed E-state index contributed by atoms with van der Waals surface area (Å²) in [6, 6.07) is 12.1. The van der Waals surface area contributed by atoms with Crippen molar-refractivity contribution in [2.24, 2.45) is 0 Å². The molecule has 5 heteroatoms. The van der Waals surface area contributed by atoms with Crippen LogP contribution < -0.4 is 0 Å². The maximum absolute atomic E-state index is 11.3. The smallest absolute Gasteiger partial charge is 0.153 e. The second-order valence-electron chi connectivity index (χ2n) is 4.79. The lowest BCUT2D eigenvalue weighted by Gasteiger charge is -2.02. The lowest BCUT2D eigenvalue weighted by atomic mass is 10.2. The van der Waals surface area contributed by atoms with Gasteiger partial charge in [0.2, 0.25) is 0 Å². The van der Waals surface area contributed by atoms with E-state index in [9.17, 15) is 4.79 Å². The first-order chi connectivity index (χ1) is 10.2. The van der Waals surface area contributed by atoms with Crippen molar-refractivity contribution in [1.82, 2.24) is 9.78 Å². The Kier molecular flexibility index (Phi) is 4.03. The van der Waals surface area contributed by atoms with Gasteiger partial charge in [-0.05, 0) is 36.8 Å². The zero-order chi connectivity index (χ0) is 14.8. The van der Waals surface area contributed by atoms with Gasteiger partial charge in [0.05, 0.1) is 17.0 Å². The highest BCUT2D eigenvalue weighted by molar-refractivity contribution is 9.10. The van der Waals surface area contributed by atoms with Crippen LogP contribution in [0.2, 0.25) is 0 Å². The Hall–Kier alpha value is -1.72. The number of hydrogen-bond acceptors (Lipinski definition) is 3. The van der Waals surface area contributed by atoms with Crippen molar-refractivity contribution in [3.8, 4) is 10.6 Å². The highest BCUT2D eigenvalue weighted by Gasteiger charge is 2.12. The SMILES string of the molecule is Cc1ccc(-c2nn(Cc3cccc(Br)c3)cc2C=O)s1. The molecule has 0 fully saturated rings. The molecular weight excluding hydrogens is 348 g/mol. The van der Waals surface area contributed by atoms with Crippen LogP contribution in [0.15, 0.2) is 47.1 Å². The number of nitrogens with zero attached hydrogens (tertiary/aromatic N) is 2. The van der Waals surface area contributed by atoms with E-state index < -0.39 is 0 Å². The fourth-order valence-electron chi connectivity index (χ4n) is 2.18. The molecule has 21 heavy (non-hydrogen) atoms. The Bertz CT molecular complexity index is 791.